The first-order valence-corrected chi connectivity index (χ1v) is 11.0. The monoisotopic (exact) mass is 443 g/mol. The van der Waals surface area contributed by atoms with Gasteiger partial charge in [0.15, 0.2) is 0 Å². The molecule has 0 amide bonds. The maximum absolute atomic E-state index is 12.5. The number of H-pyrrole nitrogens is 1. The van der Waals surface area contributed by atoms with Crippen molar-refractivity contribution in [3.8, 4) is 0 Å². The summed E-state index contributed by atoms with van der Waals surface area (Å²) in [5, 5.41) is 5.65. The SMILES string of the molecule is O=c1[nH]c2cc(CN3CCN(c4ncc(Cl)cc4Cl)CC3)ccc2c2c1CCCN2. The van der Waals surface area contributed by atoms with Crippen LogP contribution in [0.4, 0.5) is 11.5 Å². The van der Waals surface area contributed by atoms with Gasteiger partial charge >= 0.3 is 0 Å². The minimum atomic E-state index is 0.0304. The largest absolute Gasteiger partial charge is 0.384 e. The molecule has 156 valence electrons. The summed E-state index contributed by atoms with van der Waals surface area (Å²) in [4.78, 5) is 24.5. The summed E-state index contributed by atoms with van der Waals surface area (Å²) in [7, 11) is 0. The van der Waals surface area contributed by atoms with E-state index >= 15 is 0 Å². The van der Waals surface area contributed by atoms with Crippen LogP contribution in [0.1, 0.15) is 17.5 Å². The van der Waals surface area contributed by atoms with Crippen molar-refractivity contribution in [2.45, 2.75) is 19.4 Å². The minimum Gasteiger partial charge on any atom is -0.384 e. The minimum absolute atomic E-state index is 0.0304. The Labute approximate surface area is 184 Å². The van der Waals surface area contributed by atoms with E-state index in [1.807, 2.05) is 0 Å². The van der Waals surface area contributed by atoms with Gasteiger partial charge in [-0.15, -0.1) is 0 Å². The Kier molecular flexibility index (Phi) is 5.31. The maximum Gasteiger partial charge on any atom is 0.253 e. The highest BCUT2D eigenvalue weighted by atomic mass is 35.5. The number of fused-ring (bicyclic) bond motifs is 3. The highest BCUT2D eigenvalue weighted by Gasteiger charge is 2.21. The molecule has 2 aromatic heterocycles. The van der Waals surface area contributed by atoms with E-state index in [9.17, 15) is 4.79 Å². The molecule has 4 heterocycles. The van der Waals surface area contributed by atoms with Gasteiger partial charge in [0.2, 0.25) is 0 Å². The number of pyridine rings is 2. The zero-order valence-electron chi connectivity index (χ0n) is 16.5. The van der Waals surface area contributed by atoms with Crippen molar-refractivity contribution in [2.24, 2.45) is 0 Å². The number of halogens is 2. The quantitative estimate of drug-likeness (QED) is 0.642. The molecule has 0 saturated carbocycles. The second kappa shape index (κ2) is 8.10. The van der Waals surface area contributed by atoms with E-state index in [-0.39, 0.29) is 5.56 Å². The summed E-state index contributed by atoms with van der Waals surface area (Å²) < 4.78 is 0. The molecule has 0 unspecified atom stereocenters. The maximum atomic E-state index is 12.5. The predicted octanol–water partition coefficient (Wildman–Crippen LogP) is 3.91. The van der Waals surface area contributed by atoms with Gasteiger partial charge in [-0.05, 0) is 30.5 Å². The lowest BCUT2D eigenvalue weighted by Crippen LogP contribution is -2.46. The number of rotatable bonds is 3. The first-order chi connectivity index (χ1) is 14.6. The van der Waals surface area contributed by atoms with Gasteiger partial charge in [-0.1, -0.05) is 35.3 Å². The third kappa shape index (κ3) is 3.75. The second-order valence-corrected chi connectivity index (χ2v) is 8.78. The first kappa shape index (κ1) is 19.7. The number of nitrogens with zero attached hydrogens (tertiary/aromatic N) is 3. The molecule has 6 nitrogen and oxygen atoms in total. The van der Waals surface area contributed by atoms with Crippen molar-refractivity contribution in [3.63, 3.8) is 0 Å². The summed E-state index contributed by atoms with van der Waals surface area (Å²) in [5.41, 5.74) is 4.02. The van der Waals surface area contributed by atoms with Crippen molar-refractivity contribution in [1.29, 1.82) is 0 Å². The van der Waals surface area contributed by atoms with Crippen LogP contribution in [0.2, 0.25) is 10.0 Å². The van der Waals surface area contributed by atoms with Crippen LogP contribution in [0.25, 0.3) is 10.9 Å². The number of aromatic nitrogens is 2. The van der Waals surface area contributed by atoms with Crippen LogP contribution in [-0.2, 0) is 13.0 Å². The fourth-order valence-corrected chi connectivity index (χ4v) is 4.92. The highest BCUT2D eigenvalue weighted by molar-refractivity contribution is 6.36. The van der Waals surface area contributed by atoms with Crippen LogP contribution in [0.5, 0.6) is 0 Å². The molecule has 1 aromatic carbocycles. The van der Waals surface area contributed by atoms with E-state index in [0.717, 1.165) is 80.1 Å². The molecule has 8 heteroatoms. The number of anilines is 2. The first-order valence-electron chi connectivity index (χ1n) is 10.3. The van der Waals surface area contributed by atoms with E-state index < -0.39 is 0 Å². The molecule has 3 aromatic rings. The molecule has 1 saturated heterocycles. The van der Waals surface area contributed by atoms with Crippen molar-refractivity contribution >= 4 is 45.6 Å². The molecule has 0 bridgehead atoms. The average Bonchev–Trinajstić information content (AvgIpc) is 2.75. The van der Waals surface area contributed by atoms with E-state index in [0.29, 0.717) is 10.0 Å². The second-order valence-electron chi connectivity index (χ2n) is 7.94. The van der Waals surface area contributed by atoms with Gasteiger partial charge < -0.3 is 15.2 Å². The van der Waals surface area contributed by atoms with Gasteiger partial charge in [0, 0.05) is 56.4 Å². The lowest BCUT2D eigenvalue weighted by atomic mass is 10.0. The van der Waals surface area contributed by atoms with Crippen LogP contribution in [-0.4, -0.2) is 47.6 Å². The fraction of sp³-hybridized carbons (Fsp3) is 0.364. The van der Waals surface area contributed by atoms with E-state index in [1.54, 1.807) is 12.3 Å². The third-order valence-corrected chi connectivity index (χ3v) is 6.43. The van der Waals surface area contributed by atoms with Gasteiger partial charge in [-0.3, -0.25) is 9.69 Å². The van der Waals surface area contributed by atoms with Gasteiger partial charge in [-0.2, -0.15) is 0 Å². The molecule has 2 aliphatic heterocycles. The molecule has 0 radical (unpaired) electrons. The van der Waals surface area contributed by atoms with Crippen LogP contribution >= 0.6 is 23.2 Å². The third-order valence-electron chi connectivity index (χ3n) is 5.95. The van der Waals surface area contributed by atoms with Crippen LogP contribution in [0.3, 0.4) is 0 Å². The number of nitrogens with one attached hydrogen (secondary N) is 2. The van der Waals surface area contributed by atoms with Crippen LogP contribution in [0.15, 0.2) is 35.3 Å². The summed E-state index contributed by atoms with van der Waals surface area (Å²) in [6.07, 6.45) is 3.48. The zero-order valence-corrected chi connectivity index (χ0v) is 18.1. The predicted molar refractivity (Wildman–Crippen MR) is 123 cm³/mol. The topological polar surface area (TPSA) is 64.3 Å². The van der Waals surface area contributed by atoms with E-state index in [4.69, 9.17) is 23.2 Å². The van der Waals surface area contributed by atoms with E-state index in [1.165, 1.54) is 5.56 Å². The molecule has 2 N–H and O–H groups in total. The average molecular weight is 444 g/mol. The summed E-state index contributed by atoms with van der Waals surface area (Å²) >= 11 is 12.3. The van der Waals surface area contributed by atoms with Crippen molar-refractivity contribution < 1.29 is 0 Å². The lowest BCUT2D eigenvalue weighted by Gasteiger charge is -2.35. The number of aromatic amines is 1. The Balaban J connectivity index is 1.30. The van der Waals surface area contributed by atoms with Crippen molar-refractivity contribution in [2.75, 3.05) is 42.9 Å². The number of hydrogen-bond acceptors (Lipinski definition) is 5. The molecule has 30 heavy (non-hydrogen) atoms. The summed E-state index contributed by atoms with van der Waals surface area (Å²) in [6, 6.07) is 8.14. The van der Waals surface area contributed by atoms with Crippen molar-refractivity contribution in [3.05, 3.63) is 62.0 Å². The normalized spacial score (nSPS) is 17.1. The Bertz CT molecular complexity index is 1150. The van der Waals surface area contributed by atoms with E-state index in [2.05, 4.69) is 43.3 Å². The van der Waals surface area contributed by atoms with Crippen LogP contribution in [0, 0.1) is 0 Å². The molecule has 1 fully saturated rings. The van der Waals surface area contributed by atoms with Gasteiger partial charge in [0.25, 0.3) is 5.56 Å². The summed E-state index contributed by atoms with van der Waals surface area (Å²) in [6.45, 7) is 5.32. The van der Waals surface area contributed by atoms with Gasteiger partial charge in [0.05, 0.1) is 21.2 Å². The molecule has 0 aliphatic carbocycles. The molecular formula is C22H23Cl2N5O. The van der Waals surface area contributed by atoms with Crippen LogP contribution < -0.4 is 15.8 Å². The molecule has 5 rings (SSSR count). The number of piperazine rings is 1. The Morgan fingerprint density at radius 3 is 2.73 bits per heavy atom. The standard InChI is InChI=1S/C22H23Cl2N5O/c23-15-11-18(24)21(26-12-15)29-8-6-28(7-9-29)13-14-3-4-16-19(10-14)27-22(30)17-2-1-5-25-20(16)17/h3-4,10-12,25H,1-2,5-9,13H2,(H,27,30). The Morgan fingerprint density at radius 2 is 1.93 bits per heavy atom. The number of benzene rings is 1. The smallest absolute Gasteiger partial charge is 0.253 e. The summed E-state index contributed by atoms with van der Waals surface area (Å²) in [5.74, 6) is 0.793. The fourth-order valence-electron chi connectivity index (χ4n) is 4.42. The zero-order chi connectivity index (χ0) is 20.7. The van der Waals surface area contributed by atoms with Gasteiger partial charge in [-0.25, -0.2) is 4.98 Å². The number of hydrogen-bond donors (Lipinski definition) is 2. The van der Waals surface area contributed by atoms with Crippen molar-refractivity contribution in [1.82, 2.24) is 14.9 Å². The Hall–Kier alpha value is -2.28. The molecule has 2 aliphatic rings. The molecule has 0 spiro atoms. The Morgan fingerprint density at radius 1 is 1.10 bits per heavy atom. The molecular weight excluding hydrogens is 421 g/mol. The van der Waals surface area contributed by atoms with Gasteiger partial charge in [0.1, 0.15) is 5.82 Å². The lowest BCUT2D eigenvalue weighted by molar-refractivity contribution is 0.249. The highest BCUT2D eigenvalue weighted by Crippen LogP contribution is 2.29. The molecule has 0 atom stereocenters.